The fourth-order valence-corrected chi connectivity index (χ4v) is 5.39. The zero-order chi connectivity index (χ0) is 23.3. The van der Waals surface area contributed by atoms with Crippen molar-refractivity contribution in [2.45, 2.75) is 40.2 Å². The summed E-state index contributed by atoms with van der Waals surface area (Å²) < 4.78 is 4.25. The van der Waals surface area contributed by atoms with E-state index in [1.54, 1.807) is 17.1 Å². The Balaban J connectivity index is 0.00000306. The van der Waals surface area contributed by atoms with Crippen LogP contribution in [0.2, 0.25) is 0 Å². The summed E-state index contributed by atoms with van der Waals surface area (Å²) in [7, 11) is 1.37. The Morgan fingerprint density at radius 1 is 1.18 bits per heavy atom. The van der Waals surface area contributed by atoms with Gasteiger partial charge < -0.3 is 5.11 Å². The van der Waals surface area contributed by atoms with Gasteiger partial charge in [0.25, 0.3) is 5.56 Å². The second-order valence-electron chi connectivity index (χ2n) is 7.94. The molecule has 0 aliphatic heterocycles. The molecule has 0 fully saturated rings. The first kappa shape index (κ1) is 25.1. The van der Waals surface area contributed by atoms with Crippen LogP contribution in [0.25, 0.3) is 15.9 Å². The molecule has 0 bridgehead atoms. The van der Waals surface area contributed by atoms with Gasteiger partial charge in [0.1, 0.15) is 4.83 Å². The number of fused-ring (bicyclic) bond motifs is 1. The summed E-state index contributed by atoms with van der Waals surface area (Å²) in [5.74, 6) is -1.19. The Bertz CT molecular complexity index is 1480. The normalized spacial score (nSPS) is 11.2. The summed E-state index contributed by atoms with van der Waals surface area (Å²) in [6.45, 7) is 7.46. The molecular formula is C22H24N5NaO4S. The second kappa shape index (κ2) is 9.38. The number of carboxylic acid groups (broad SMARTS) is 1. The fraction of sp³-hybridized carbons (Fsp3) is 0.318. The molecule has 0 aliphatic rings. The van der Waals surface area contributed by atoms with Crippen molar-refractivity contribution in [3.63, 3.8) is 0 Å². The van der Waals surface area contributed by atoms with Crippen molar-refractivity contribution in [3.05, 3.63) is 72.8 Å². The van der Waals surface area contributed by atoms with Gasteiger partial charge in [-0.05, 0) is 39.8 Å². The molecule has 0 amide bonds. The Morgan fingerprint density at radius 2 is 1.82 bits per heavy atom. The van der Waals surface area contributed by atoms with Gasteiger partial charge in [-0.25, -0.2) is 14.3 Å². The summed E-state index contributed by atoms with van der Waals surface area (Å²) in [5.41, 5.74) is 2.27. The van der Waals surface area contributed by atoms with Crippen LogP contribution < -0.4 is 11.2 Å². The average Bonchev–Trinajstić information content (AvgIpc) is 3.25. The zero-order valence-electron chi connectivity index (χ0n) is 18.4. The van der Waals surface area contributed by atoms with E-state index in [9.17, 15) is 19.5 Å². The molecule has 11 heteroatoms. The SMILES string of the molecule is Cc1nn(-c2ccncc2)c(C)c1Cc1sc2c(c1C(=O)O)c(=O)n(C)c(=O)n2C(C)C.[NaH]. The third kappa shape index (κ3) is 4.12. The number of thiophene rings is 1. The molecule has 0 aliphatic carbocycles. The van der Waals surface area contributed by atoms with Crippen LogP contribution in [0.5, 0.6) is 0 Å². The quantitative estimate of drug-likeness (QED) is 0.441. The molecule has 1 N–H and O–H groups in total. The zero-order valence-corrected chi connectivity index (χ0v) is 19.2. The van der Waals surface area contributed by atoms with Gasteiger partial charge in [0.05, 0.1) is 22.3 Å². The summed E-state index contributed by atoms with van der Waals surface area (Å²) in [6, 6.07) is 3.45. The van der Waals surface area contributed by atoms with E-state index in [0.717, 1.165) is 27.2 Å². The van der Waals surface area contributed by atoms with E-state index in [2.05, 4.69) is 10.1 Å². The van der Waals surface area contributed by atoms with Crippen molar-refractivity contribution in [1.82, 2.24) is 23.9 Å². The number of hydrogen-bond donors (Lipinski definition) is 1. The van der Waals surface area contributed by atoms with E-state index in [1.165, 1.54) is 23.0 Å². The van der Waals surface area contributed by atoms with E-state index in [-0.39, 0.29) is 46.5 Å². The Morgan fingerprint density at radius 3 is 2.39 bits per heavy atom. The number of pyridine rings is 1. The number of rotatable bonds is 5. The van der Waals surface area contributed by atoms with Crippen molar-refractivity contribution < 1.29 is 9.90 Å². The minimum absolute atomic E-state index is 0. The predicted molar refractivity (Wildman–Crippen MR) is 129 cm³/mol. The number of hydrogen-bond acceptors (Lipinski definition) is 6. The number of aryl methyl sites for hydroxylation is 1. The van der Waals surface area contributed by atoms with Crippen molar-refractivity contribution >= 4 is 57.1 Å². The molecule has 168 valence electrons. The van der Waals surface area contributed by atoms with Gasteiger partial charge in [0.2, 0.25) is 0 Å². The first-order valence-electron chi connectivity index (χ1n) is 10.1. The van der Waals surface area contributed by atoms with Crippen molar-refractivity contribution in [1.29, 1.82) is 0 Å². The fourth-order valence-electron chi connectivity index (χ4n) is 3.97. The monoisotopic (exact) mass is 477 g/mol. The predicted octanol–water partition coefficient (Wildman–Crippen LogP) is 2.18. The standard InChI is InChI=1S/C22H23N5O4S.Na.H/c1-11(2)26-20-18(19(28)25(5)22(26)31)17(21(29)30)16(32-20)10-15-12(3)24-27(13(15)4)14-6-8-23-9-7-14;;/h6-9,11H,10H2,1-5H3,(H,29,30);;. The summed E-state index contributed by atoms with van der Waals surface area (Å²) in [6.07, 6.45) is 3.65. The molecule has 0 atom stereocenters. The first-order chi connectivity index (χ1) is 15.1. The Labute approximate surface area is 215 Å². The van der Waals surface area contributed by atoms with E-state index in [0.29, 0.717) is 16.1 Å². The van der Waals surface area contributed by atoms with Gasteiger partial charge in [-0.15, -0.1) is 11.3 Å². The molecule has 9 nitrogen and oxygen atoms in total. The van der Waals surface area contributed by atoms with Gasteiger partial charge in [-0.3, -0.25) is 18.9 Å². The van der Waals surface area contributed by atoms with Crippen LogP contribution in [0.4, 0.5) is 0 Å². The van der Waals surface area contributed by atoms with Crippen LogP contribution in [-0.2, 0) is 13.5 Å². The minimum atomic E-state index is -1.19. The third-order valence-corrected chi connectivity index (χ3v) is 6.80. The van der Waals surface area contributed by atoms with E-state index < -0.39 is 17.2 Å². The van der Waals surface area contributed by atoms with Crippen LogP contribution in [0, 0.1) is 13.8 Å². The van der Waals surface area contributed by atoms with Gasteiger partial charge in [0, 0.05) is 48.0 Å². The van der Waals surface area contributed by atoms with Gasteiger partial charge in [-0.1, -0.05) is 0 Å². The third-order valence-electron chi connectivity index (χ3n) is 5.61. The van der Waals surface area contributed by atoms with Crippen LogP contribution >= 0.6 is 11.3 Å². The molecule has 0 aromatic carbocycles. The van der Waals surface area contributed by atoms with E-state index in [4.69, 9.17) is 0 Å². The molecule has 0 saturated heterocycles. The molecule has 0 spiro atoms. The Hall–Kier alpha value is -2.53. The average molecular weight is 478 g/mol. The maximum absolute atomic E-state index is 12.9. The molecule has 4 aromatic rings. The summed E-state index contributed by atoms with van der Waals surface area (Å²) in [5, 5.41) is 14.7. The molecule has 0 unspecified atom stereocenters. The van der Waals surface area contributed by atoms with Crippen LogP contribution in [-0.4, -0.2) is 64.5 Å². The second-order valence-corrected chi connectivity index (χ2v) is 9.02. The van der Waals surface area contributed by atoms with Gasteiger partial charge in [-0.2, -0.15) is 5.10 Å². The van der Waals surface area contributed by atoms with Crippen LogP contribution in [0.1, 0.15) is 52.1 Å². The molecule has 0 radical (unpaired) electrons. The molecule has 33 heavy (non-hydrogen) atoms. The number of aromatic nitrogens is 5. The molecule has 4 rings (SSSR count). The van der Waals surface area contributed by atoms with Crippen molar-refractivity contribution in [2.75, 3.05) is 0 Å². The van der Waals surface area contributed by atoms with E-state index in [1.807, 2.05) is 39.8 Å². The first-order valence-corrected chi connectivity index (χ1v) is 10.9. The molecule has 4 aromatic heterocycles. The number of nitrogens with zero attached hydrogens (tertiary/aromatic N) is 5. The number of aromatic carboxylic acids is 1. The Kier molecular flexibility index (Phi) is 7.13. The number of carbonyl (C=O) groups is 1. The number of carboxylic acids is 1. The summed E-state index contributed by atoms with van der Waals surface area (Å²) >= 11 is 1.18. The van der Waals surface area contributed by atoms with E-state index >= 15 is 0 Å². The van der Waals surface area contributed by atoms with Crippen molar-refractivity contribution in [2.24, 2.45) is 7.05 Å². The molecular weight excluding hydrogens is 453 g/mol. The van der Waals surface area contributed by atoms with Crippen LogP contribution in [0.15, 0.2) is 34.1 Å². The maximum atomic E-state index is 12.9. The van der Waals surface area contributed by atoms with Crippen LogP contribution in [0.3, 0.4) is 0 Å². The van der Waals surface area contributed by atoms with Gasteiger partial charge >= 0.3 is 41.2 Å². The molecule has 0 saturated carbocycles. The van der Waals surface area contributed by atoms with Gasteiger partial charge in [0.15, 0.2) is 0 Å². The topological polar surface area (TPSA) is 112 Å². The van der Waals surface area contributed by atoms with Crippen molar-refractivity contribution in [3.8, 4) is 5.69 Å². The summed E-state index contributed by atoms with van der Waals surface area (Å²) in [4.78, 5) is 42.8. The molecule has 4 heterocycles.